The third kappa shape index (κ3) is 5.78. The summed E-state index contributed by atoms with van der Waals surface area (Å²) < 4.78 is 60.3. The van der Waals surface area contributed by atoms with Crippen molar-refractivity contribution in [2.24, 2.45) is 5.10 Å². The summed E-state index contributed by atoms with van der Waals surface area (Å²) in [5.41, 5.74) is 0.360. The average molecular weight is 495 g/mol. The Morgan fingerprint density at radius 2 is 1.53 bits per heavy atom. The molecule has 0 atom stereocenters. The van der Waals surface area contributed by atoms with E-state index in [1.807, 2.05) is 0 Å². The van der Waals surface area contributed by atoms with Crippen LogP contribution in [-0.2, 0) is 20.1 Å². The third-order valence-corrected chi connectivity index (χ3v) is 6.75. The number of rotatable bonds is 9. The Labute approximate surface area is 191 Å². The molecule has 11 heteroatoms. The Balaban J connectivity index is 1.86. The SMILES string of the molecule is CCOc1cc(/C=N\NS(=O)(=O)c2ccccc2)cc(Cl)c1OS(=O)(=O)c1ccccc1. The van der Waals surface area contributed by atoms with E-state index in [2.05, 4.69) is 9.93 Å². The molecule has 32 heavy (non-hydrogen) atoms. The summed E-state index contributed by atoms with van der Waals surface area (Å²) in [5, 5.41) is 3.69. The first-order valence-electron chi connectivity index (χ1n) is 9.29. The van der Waals surface area contributed by atoms with Crippen LogP contribution in [0.1, 0.15) is 12.5 Å². The van der Waals surface area contributed by atoms with Crippen LogP contribution in [0.2, 0.25) is 5.02 Å². The van der Waals surface area contributed by atoms with E-state index in [0.717, 1.165) is 0 Å². The molecule has 0 saturated heterocycles. The molecule has 0 aliphatic carbocycles. The smallest absolute Gasteiger partial charge is 0.339 e. The molecule has 8 nitrogen and oxygen atoms in total. The number of nitrogens with zero attached hydrogens (tertiary/aromatic N) is 1. The molecule has 0 unspecified atom stereocenters. The minimum atomic E-state index is -4.15. The van der Waals surface area contributed by atoms with Gasteiger partial charge in [-0.3, -0.25) is 0 Å². The minimum Gasteiger partial charge on any atom is -0.490 e. The van der Waals surface area contributed by atoms with E-state index in [9.17, 15) is 16.8 Å². The van der Waals surface area contributed by atoms with Gasteiger partial charge in [-0.05, 0) is 48.9 Å². The van der Waals surface area contributed by atoms with E-state index >= 15 is 0 Å². The Kier molecular flexibility index (Phi) is 7.39. The standard InChI is InChI=1S/C21H19ClN2O6S2/c1-2-29-20-14-16(15-23-24-31(25,26)17-9-5-3-6-10-17)13-19(22)21(20)30-32(27,28)18-11-7-4-8-12-18/h3-15,24H,2H2,1H3/b23-15-. The van der Waals surface area contributed by atoms with Crippen molar-refractivity contribution in [1.82, 2.24) is 4.83 Å². The van der Waals surface area contributed by atoms with Gasteiger partial charge in [-0.2, -0.15) is 21.9 Å². The molecule has 0 radical (unpaired) electrons. The second-order valence-electron chi connectivity index (χ2n) is 6.28. The quantitative estimate of drug-likeness (QED) is 0.275. The summed E-state index contributed by atoms with van der Waals surface area (Å²) in [4.78, 5) is 2.11. The van der Waals surface area contributed by atoms with Crippen molar-refractivity contribution in [1.29, 1.82) is 0 Å². The molecule has 0 amide bonds. The third-order valence-electron chi connectivity index (χ3n) is 4.00. The summed E-state index contributed by atoms with van der Waals surface area (Å²) in [7, 11) is -7.99. The number of halogens is 1. The molecule has 0 heterocycles. The molecule has 3 rings (SSSR count). The Morgan fingerprint density at radius 1 is 0.938 bits per heavy atom. The van der Waals surface area contributed by atoms with Crippen LogP contribution in [0.3, 0.4) is 0 Å². The van der Waals surface area contributed by atoms with Crippen LogP contribution in [0.4, 0.5) is 0 Å². The van der Waals surface area contributed by atoms with E-state index in [1.54, 1.807) is 43.3 Å². The topological polar surface area (TPSA) is 111 Å². The van der Waals surface area contributed by atoms with Gasteiger partial charge in [0.25, 0.3) is 10.0 Å². The molecule has 0 aliphatic heterocycles. The minimum absolute atomic E-state index is 0.0422. The summed E-state index contributed by atoms with van der Waals surface area (Å²) in [6, 6.07) is 18.2. The van der Waals surface area contributed by atoms with E-state index < -0.39 is 20.1 Å². The summed E-state index contributed by atoms with van der Waals surface area (Å²) >= 11 is 6.26. The maximum atomic E-state index is 12.6. The first-order valence-corrected chi connectivity index (χ1v) is 12.6. The van der Waals surface area contributed by atoms with Gasteiger partial charge in [-0.1, -0.05) is 48.0 Å². The Bertz CT molecular complexity index is 1310. The van der Waals surface area contributed by atoms with E-state index in [0.29, 0.717) is 5.56 Å². The van der Waals surface area contributed by atoms with E-state index in [4.69, 9.17) is 20.5 Å². The summed E-state index contributed by atoms with van der Waals surface area (Å²) in [5.74, 6) is -0.119. The van der Waals surface area contributed by atoms with Crippen LogP contribution >= 0.6 is 11.6 Å². The summed E-state index contributed by atoms with van der Waals surface area (Å²) in [6.45, 7) is 1.91. The van der Waals surface area contributed by atoms with Crippen LogP contribution in [0.5, 0.6) is 11.5 Å². The highest BCUT2D eigenvalue weighted by Gasteiger charge is 2.22. The molecule has 0 aromatic heterocycles. The second-order valence-corrected chi connectivity index (χ2v) is 9.89. The van der Waals surface area contributed by atoms with Crippen molar-refractivity contribution in [3.05, 3.63) is 83.4 Å². The number of hydrazone groups is 1. The molecule has 0 bridgehead atoms. The van der Waals surface area contributed by atoms with Gasteiger partial charge in [0, 0.05) is 0 Å². The molecule has 168 valence electrons. The highest BCUT2D eigenvalue weighted by atomic mass is 35.5. The molecule has 3 aromatic carbocycles. The van der Waals surface area contributed by atoms with Gasteiger partial charge in [-0.15, -0.1) is 0 Å². The predicted octanol–water partition coefficient (Wildman–Crippen LogP) is 3.82. The Hall–Kier alpha value is -3.08. The van der Waals surface area contributed by atoms with E-state index in [1.165, 1.54) is 42.6 Å². The van der Waals surface area contributed by atoms with Gasteiger partial charge in [0.2, 0.25) is 5.75 Å². The maximum absolute atomic E-state index is 12.6. The fraction of sp³-hybridized carbons (Fsp3) is 0.0952. The zero-order chi connectivity index (χ0) is 23.2. The molecule has 3 aromatic rings. The van der Waals surface area contributed by atoms with Gasteiger partial charge in [0.1, 0.15) is 4.90 Å². The monoisotopic (exact) mass is 494 g/mol. The van der Waals surface area contributed by atoms with Crippen molar-refractivity contribution in [3.8, 4) is 11.5 Å². The van der Waals surface area contributed by atoms with E-state index in [-0.39, 0.29) is 32.9 Å². The number of ether oxygens (including phenoxy) is 1. The van der Waals surface area contributed by atoms with Crippen LogP contribution in [0, 0.1) is 0 Å². The van der Waals surface area contributed by atoms with Crippen LogP contribution in [0.15, 0.2) is 87.7 Å². The molecule has 0 spiro atoms. The highest BCUT2D eigenvalue weighted by Crippen LogP contribution is 2.38. The van der Waals surface area contributed by atoms with Crippen molar-refractivity contribution < 1.29 is 25.8 Å². The van der Waals surface area contributed by atoms with Gasteiger partial charge in [0.15, 0.2) is 5.75 Å². The molecular weight excluding hydrogens is 476 g/mol. The second kappa shape index (κ2) is 10.0. The average Bonchev–Trinajstić information content (AvgIpc) is 2.77. The highest BCUT2D eigenvalue weighted by molar-refractivity contribution is 7.89. The first kappa shape index (κ1) is 23.6. The molecule has 0 saturated carbocycles. The maximum Gasteiger partial charge on any atom is 0.339 e. The molecular formula is C21H19ClN2O6S2. The lowest BCUT2D eigenvalue weighted by Gasteiger charge is -2.14. The number of hydrogen-bond acceptors (Lipinski definition) is 7. The lowest BCUT2D eigenvalue weighted by Crippen LogP contribution is -2.18. The number of hydrogen-bond donors (Lipinski definition) is 1. The zero-order valence-electron chi connectivity index (χ0n) is 16.8. The lowest BCUT2D eigenvalue weighted by molar-refractivity contribution is 0.327. The van der Waals surface area contributed by atoms with Crippen molar-refractivity contribution in [2.75, 3.05) is 6.61 Å². The van der Waals surface area contributed by atoms with Crippen LogP contribution in [-0.4, -0.2) is 29.7 Å². The first-order chi connectivity index (χ1) is 15.2. The van der Waals surface area contributed by atoms with Crippen molar-refractivity contribution in [2.45, 2.75) is 16.7 Å². The van der Waals surface area contributed by atoms with Gasteiger partial charge in [-0.25, -0.2) is 4.83 Å². The predicted molar refractivity (Wildman–Crippen MR) is 121 cm³/mol. The zero-order valence-corrected chi connectivity index (χ0v) is 19.2. The Morgan fingerprint density at radius 3 is 2.12 bits per heavy atom. The number of sulfonamides is 1. The largest absolute Gasteiger partial charge is 0.490 e. The van der Waals surface area contributed by atoms with Crippen molar-refractivity contribution >= 4 is 38.0 Å². The molecule has 1 N–H and O–H groups in total. The molecule has 0 aliphatic rings. The van der Waals surface area contributed by atoms with Gasteiger partial charge in [0.05, 0.1) is 22.7 Å². The normalized spacial score (nSPS) is 11.9. The number of nitrogens with one attached hydrogen (secondary N) is 1. The fourth-order valence-electron chi connectivity index (χ4n) is 2.57. The van der Waals surface area contributed by atoms with Crippen LogP contribution in [0.25, 0.3) is 0 Å². The fourth-order valence-corrected chi connectivity index (χ4v) is 4.67. The summed E-state index contributed by atoms with van der Waals surface area (Å²) in [6.07, 6.45) is 1.21. The van der Waals surface area contributed by atoms with Crippen molar-refractivity contribution in [3.63, 3.8) is 0 Å². The van der Waals surface area contributed by atoms with Gasteiger partial charge < -0.3 is 8.92 Å². The van der Waals surface area contributed by atoms with Crippen LogP contribution < -0.4 is 13.8 Å². The van der Waals surface area contributed by atoms with Gasteiger partial charge >= 0.3 is 10.1 Å². The molecule has 0 fully saturated rings. The number of benzene rings is 3. The lowest BCUT2D eigenvalue weighted by atomic mass is 10.2.